The van der Waals surface area contributed by atoms with Crippen molar-refractivity contribution < 1.29 is 27.9 Å². The quantitative estimate of drug-likeness (QED) is 0.659. The SMILES string of the molecule is CC(=O)NC[C@H]1CC(c2cc(F)c(N3CCN(C(=O)CN(C)C)CC3)c(F)c2)C(=O)O1. The van der Waals surface area contributed by atoms with Crippen molar-refractivity contribution in [2.24, 2.45) is 0 Å². The Morgan fingerprint density at radius 2 is 1.77 bits per heavy atom. The third-order valence-electron chi connectivity index (χ3n) is 5.49. The summed E-state index contributed by atoms with van der Waals surface area (Å²) in [6.45, 7) is 3.21. The lowest BCUT2D eigenvalue weighted by atomic mass is 9.94. The second-order valence-electron chi connectivity index (χ2n) is 8.22. The zero-order chi connectivity index (χ0) is 22.7. The normalized spacial score (nSPS) is 21.4. The highest BCUT2D eigenvalue weighted by Gasteiger charge is 2.37. The van der Waals surface area contributed by atoms with Gasteiger partial charge in [-0.05, 0) is 31.8 Å². The van der Waals surface area contributed by atoms with Crippen LogP contribution in [0.25, 0.3) is 0 Å². The summed E-state index contributed by atoms with van der Waals surface area (Å²) in [5.74, 6) is -3.10. The maximum absolute atomic E-state index is 14.9. The number of anilines is 1. The molecule has 1 aromatic rings. The molecule has 0 aromatic heterocycles. The fourth-order valence-corrected chi connectivity index (χ4v) is 3.95. The van der Waals surface area contributed by atoms with Crippen LogP contribution >= 0.6 is 0 Å². The molecule has 8 nitrogen and oxygen atoms in total. The summed E-state index contributed by atoms with van der Waals surface area (Å²) in [6.07, 6.45) is -0.288. The van der Waals surface area contributed by atoms with E-state index in [4.69, 9.17) is 4.74 Å². The summed E-state index contributed by atoms with van der Waals surface area (Å²) in [6, 6.07) is 2.35. The van der Waals surface area contributed by atoms with Crippen LogP contribution in [0.2, 0.25) is 0 Å². The van der Waals surface area contributed by atoms with Gasteiger partial charge < -0.3 is 24.8 Å². The number of hydrogen-bond donors (Lipinski definition) is 1. The Hall–Kier alpha value is -2.75. The molecule has 2 heterocycles. The smallest absolute Gasteiger partial charge is 0.313 e. The number of amides is 2. The van der Waals surface area contributed by atoms with E-state index in [2.05, 4.69) is 5.32 Å². The van der Waals surface area contributed by atoms with Gasteiger partial charge >= 0.3 is 5.97 Å². The maximum atomic E-state index is 14.9. The zero-order valence-corrected chi connectivity index (χ0v) is 18.0. The number of likely N-dealkylation sites (N-methyl/N-ethyl adjacent to an activating group) is 1. The second kappa shape index (κ2) is 9.59. The molecule has 1 N–H and O–H groups in total. The minimum atomic E-state index is -0.780. The monoisotopic (exact) mass is 438 g/mol. The number of cyclic esters (lactones) is 1. The number of esters is 1. The molecule has 2 fully saturated rings. The molecule has 2 aliphatic heterocycles. The molecule has 10 heteroatoms. The summed E-state index contributed by atoms with van der Waals surface area (Å²) in [5.41, 5.74) is 0.0680. The van der Waals surface area contributed by atoms with Gasteiger partial charge in [0.15, 0.2) is 0 Å². The second-order valence-corrected chi connectivity index (χ2v) is 8.22. The third kappa shape index (κ3) is 5.49. The number of rotatable bonds is 6. The third-order valence-corrected chi connectivity index (χ3v) is 5.49. The molecule has 2 amide bonds. The number of nitrogens with one attached hydrogen (secondary N) is 1. The van der Waals surface area contributed by atoms with Crippen molar-refractivity contribution in [1.82, 2.24) is 15.1 Å². The molecule has 3 rings (SSSR count). The Balaban J connectivity index is 1.67. The topological polar surface area (TPSA) is 82.2 Å². The highest BCUT2D eigenvalue weighted by Crippen LogP contribution is 2.34. The van der Waals surface area contributed by atoms with Crippen LogP contribution in [-0.4, -0.2) is 87.1 Å². The molecule has 0 bridgehead atoms. The first kappa shape index (κ1) is 22.9. The number of carbonyl (C=O) groups is 3. The molecule has 0 radical (unpaired) electrons. The van der Waals surface area contributed by atoms with E-state index in [-0.39, 0.29) is 42.6 Å². The van der Waals surface area contributed by atoms with Gasteiger partial charge in [-0.1, -0.05) is 0 Å². The molecule has 31 heavy (non-hydrogen) atoms. The number of nitrogens with zero attached hydrogens (tertiary/aromatic N) is 3. The Bertz CT molecular complexity index is 833. The van der Waals surface area contributed by atoms with E-state index in [9.17, 15) is 23.2 Å². The van der Waals surface area contributed by atoms with E-state index < -0.39 is 29.6 Å². The molecule has 1 aromatic carbocycles. The predicted molar refractivity (Wildman–Crippen MR) is 110 cm³/mol. The van der Waals surface area contributed by atoms with Crippen molar-refractivity contribution in [3.05, 3.63) is 29.3 Å². The molecule has 0 aliphatic carbocycles. The first-order valence-electron chi connectivity index (χ1n) is 10.3. The van der Waals surface area contributed by atoms with Crippen LogP contribution in [0.15, 0.2) is 12.1 Å². The number of halogens is 2. The minimum absolute atomic E-state index is 0.0190. The van der Waals surface area contributed by atoms with Gasteiger partial charge in [0.05, 0.1) is 19.0 Å². The van der Waals surface area contributed by atoms with Gasteiger partial charge in [0.2, 0.25) is 11.8 Å². The molecular weight excluding hydrogens is 410 g/mol. The zero-order valence-electron chi connectivity index (χ0n) is 18.0. The van der Waals surface area contributed by atoms with Crippen LogP contribution in [0.1, 0.15) is 24.8 Å². The van der Waals surface area contributed by atoms with Crippen molar-refractivity contribution in [3.63, 3.8) is 0 Å². The highest BCUT2D eigenvalue weighted by atomic mass is 19.1. The van der Waals surface area contributed by atoms with E-state index in [0.29, 0.717) is 26.2 Å². The van der Waals surface area contributed by atoms with Gasteiger partial charge in [0, 0.05) is 39.5 Å². The number of benzene rings is 1. The molecule has 2 saturated heterocycles. The first-order chi connectivity index (χ1) is 14.7. The van der Waals surface area contributed by atoms with Crippen LogP contribution in [0.4, 0.5) is 14.5 Å². The Labute approximate surface area is 180 Å². The largest absolute Gasteiger partial charge is 0.460 e. The average Bonchev–Trinajstić information content (AvgIpc) is 3.06. The fourth-order valence-electron chi connectivity index (χ4n) is 3.95. The predicted octanol–water partition coefficient (Wildman–Crippen LogP) is 0.710. The lowest BCUT2D eigenvalue weighted by Gasteiger charge is -2.36. The maximum Gasteiger partial charge on any atom is 0.313 e. The molecule has 2 atom stereocenters. The molecule has 2 aliphatic rings. The summed E-state index contributed by atoms with van der Waals surface area (Å²) in [5, 5.41) is 2.58. The van der Waals surface area contributed by atoms with E-state index in [1.165, 1.54) is 19.1 Å². The summed E-state index contributed by atoms with van der Waals surface area (Å²) in [7, 11) is 3.62. The summed E-state index contributed by atoms with van der Waals surface area (Å²) < 4.78 is 35.0. The molecule has 0 spiro atoms. The van der Waals surface area contributed by atoms with Crippen molar-refractivity contribution in [2.45, 2.75) is 25.4 Å². The van der Waals surface area contributed by atoms with Gasteiger partial charge in [0.1, 0.15) is 23.4 Å². The van der Waals surface area contributed by atoms with Crippen molar-refractivity contribution in [2.75, 3.05) is 58.3 Å². The van der Waals surface area contributed by atoms with Gasteiger partial charge in [-0.15, -0.1) is 0 Å². The average molecular weight is 438 g/mol. The standard InChI is InChI=1S/C21H28F2N4O4/c1-13(28)24-11-15-10-16(21(30)31-15)14-8-17(22)20(18(23)9-14)27-6-4-26(5-7-27)19(29)12-25(2)3/h8-9,15-16H,4-7,10-12H2,1-3H3,(H,24,28)/t15-,16?/m1/s1. The van der Waals surface area contributed by atoms with Gasteiger partial charge in [-0.2, -0.15) is 0 Å². The Morgan fingerprint density at radius 1 is 1.16 bits per heavy atom. The number of ether oxygens (including phenoxy) is 1. The Morgan fingerprint density at radius 3 is 2.32 bits per heavy atom. The first-order valence-corrected chi connectivity index (χ1v) is 10.3. The van der Waals surface area contributed by atoms with Crippen LogP contribution in [0.3, 0.4) is 0 Å². The number of piperazine rings is 1. The fraction of sp³-hybridized carbons (Fsp3) is 0.571. The summed E-state index contributed by atoms with van der Waals surface area (Å²) in [4.78, 5) is 40.4. The summed E-state index contributed by atoms with van der Waals surface area (Å²) >= 11 is 0. The van der Waals surface area contributed by atoms with Crippen molar-refractivity contribution in [1.29, 1.82) is 0 Å². The van der Waals surface area contributed by atoms with E-state index >= 15 is 0 Å². The molecule has 170 valence electrons. The van der Waals surface area contributed by atoms with E-state index in [1.54, 1.807) is 14.7 Å². The lowest BCUT2D eigenvalue weighted by molar-refractivity contribution is -0.142. The minimum Gasteiger partial charge on any atom is -0.460 e. The van der Waals surface area contributed by atoms with Crippen molar-refractivity contribution in [3.8, 4) is 0 Å². The molecular formula is C21H28F2N4O4. The van der Waals surface area contributed by atoms with Gasteiger partial charge in [-0.3, -0.25) is 14.4 Å². The van der Waals surface area contributed by atoms with Gasteiger partial charge in [-0.25, -0.2) is 8.78 Å². The van der Waals surface area contributed by atoms with Crippen LogP contribution in [0.5, 0.6) is 0 Å². The molecule has 1 unspecified atom stereocenters. The van der Waals surface area contributed by atoms with Crippen molar-refractivity contribution >= 4 is 23.5 Å². The highest BCUT2D eigenvalue weighted by molar-refractivity contribution is 5.81. The van der Waals surface area contributed by atoms with Crippen LogP contribution in [0, 0.1) is 11.6 Å². The number of hydrogen-bond acceptors (Lipinski definition) is 6. The molecule has 0 saturated carbocycles. The van der Waals surface area contributed by atoms with E-state index in [0.717, 1.165) is 0 Å². The Kier molecular flexibility index (Phi) is 7.09. The van der Waals surface area contributed by atoms with Gasteiger partial charge in [0.25, 0.3) is 0 Å². The lowest BCUT2D eigenvalue weighted by Crippen LogP contribution is -2.51. The van der Waals surface area contributed by atoms with E-state index in [1.807, 2.05) is 14.1 Å². The number of carbonyl (C=O) groups excluding carboxylic acids is 3. The van der Waals surface area contributed by atoms with Crippen LogP contribution in [-0.2, 0) is 19.1 Å². The van der Waals surface area contributed by atoms with Crippen LogP contribution < -0.4 is 10.2 Å².